The first-order chi connectivity index (χ1) is 9.69. The van der Waals surface area contributed by atoms with Gasteiger partial charge >= 0.3 is 8.80 Å². The van der Waals surface area contributed by atoms with Crippen LogP contribution in [0.25, 0.3) is 0 Å². The molecule has 1 rings (SSSR count). The zero-order valence-electron chi connectivity index (χ0n) is 13.1. The molecule has 0 aliphatic carbocycles. The molecule has 20 heavy (non-hydrogen) atoms. The van der Waals surface area contributed by atoms with E-state index in [2.05, 4.69) is 17.2 Å². The first-order valence-electron chi connectivity index (χ1n) is 7.50. The summed E-state index contributed by atoms with van der Waals surface area (Å²) in [5, 5.41) is 8.19. The molecule has 0 amide bonds. The number of aryl methyl sites for hydroxylation is 2. The molecule has 0 atom stereocenters. The molecule has 0 saturated heterocycles. The number of hydrogen-bond donors (Lipinski definition) is 0. The van der Waals surface area contributed by atoms with E-state index in [0.717, 1.165) is 31.1 Å². The molecule has 116 valence electrons. The van der Waals surface area contributed by atoms with Gasteiger partial charge in [0.2, 0.25) is 0 Å². The maximum atomic E-state index is 5.82. The molecule has 1 heterocycles. The molecule has 0 spiro atoms. The van der Waals surface area contributed by atoms with Crippen molar-refractivity contribution >= 4 is 8.80 Å². The number of rotatable bonds is 11. The van der Waals surface area contributed by atoms with Crippen LogP contribution in [0.2, 0.25) is 6.04 Å². The van der Waals surface area contributed by atoms with Crippen LogP contribution in [-0.4, -0.2) is 43.6 Å². The van der Waals surface area contributed by atoms with E-state index in [1.165, 1.54) is 0 Å². The Balaban J connectivity index is 2.51. The SMILES string of the molecule is CCO[Si](CCCn1cc(CC)nn1)(OCC)OCC. The summed E-state index contributed by atoms with van der Waals surface area (Å²) in [4.78, 5) is 0. The van der Waals surface area contributed by atoms with Crippen molar-refractivity contribution in [3.63, 3.8) is 0 Å². The summed E-state index contributed by atoms with van der Waals surface area (Å²) >= 11 is 0. The minimum atomic E-state index is -2.51. The predicted molar refractivity (Wildman–Crippen MR) is 79.5 cm³/mol. The van der Waals surface area contributed by atoms with Gasteiger partial charge in [-0.25, -0.2) is 0 Å². The van der Waals surface area contributed by atoms with Crippen molar-refractivity contribution in [2.45, 2.75) is 53.1 Å². The number of hydrogen-bond acceptors (Lipinski definition) is 5. The molecule has 0 bridgehead atoms. The van der Waals surface area contributed by atoms with Crippen LogP contribution in [0.15, 0.2) is 6.20 Å². The van der Waals surface area contributed by atoms with Crippen LogP contribution >= 0.6 is 0 Å². The molecule has 1 aromatic rings. The highest BCUT2D eigenvalue weighted by atomic mass is 28.4. The highest BCUT2D eigenvalue weighted by molar-refractivity contribution is 6.60. The van der Waals surface area contributed by atoms with E-state index >= 15 is 0 Å². The van der Waals surface area contributed by atoms with Crippen molar-refractivity contribution in [2.75, 3.05) is 19.8 Å². The Kier molecular flexibility index (Phi) is 7.97. The maximum absolute atomic E-state index is 5.82. The Bertz CT molecular complexity index is 356. The van der Waals surface area contributed by atoms with Gasteiger partial charge in [-0.15, -0.1) is 5.10 Å². The highest BCUT2D eigenvalue weighted by Crippen LogP contribution is 2.18. The molecule has 0 fully saturated rings. The van der Waals surface area contributed by atoms with Gasteiger partial charge < -0.3 is 13.3 Å². The molecule has 0 N–H and O–H groups in total. The minimum Gasteiger partial charge on any atom is -0.374 e. The topological polar surface area (TPSA) is 58.4 Å². The first-order valence-corrected chi connectivity index (χ1v) is 9.43. The van der Waals surface area contributed by atoms with Crippen LogP contribution in [0.4, 0.5) is 0 Å². The van der Waals surface area contributed by atoms with Gasteiger partial charge in [0.15, 0.2) is 0 Å². The third kappa shape index (κ3) is 5.32. The molecule has 0 unspecified atom stereocenters. The van der Waals surface area contributed by atoms with Crippen LogP contribution < -0.4 is 0 Å². The Morgan fingerprint density at radius 2 is 1.65 bits per heavy atom. The quantitative estimate of drug-likeness (QED) is 0.587. The average molecular weight is 301 g/mol. The summed E-state index contributed by atoms with van der Waals surface area (Å²) in [6.45, 7) is 10.7. The van der Waals surface area contributed by atoms with Crippen molar-refractivity contribution < 1.29 is 13.3 Å². The van der Waals surface area contributed by atoms with Crippen molar-refractivity contribution in [2.24, 2.45) is 0 Å². The van der Waals surface area contributed by atoms with Gasteiger partial charge in [-0.3, -0.25) is 4.68 Å². The third-order valence-electron chi connectivity index (χ3n) is 2.91. The van der Waals surface area contributed by atoms with E-state index in [4.69, 9.17) is 13.3 Å². The second-order valence-corrected chi connectivity index (χ2v) is 7.14. The Labute approximate surface area is 122 Å². The number of aromatic nitrogens is 3. The largest absolute Gasteiger partial charge is 0.500 e. The first kappa shape index (κ1) is 17.3. The maximum Gasteiger partial charge on any atom is 0.500 e. The van der Waals surface area contributed by atoms with Crippen molar-refractivity contribution in [3.05, 3.63) is 11.9 Å². The van der Waals surface area contributed by atoms with Gasteiger partial charge in [0.25, 0.3) is 0 Å². The lowest BCUT2D eigenvalue weighted by molar-refractivity contribution is 0.0704. The Hall–Kier alpha value is -0.763. The predicted octanol–water partition coefficient (Wildman–Crippen LogP) is 2.28. The van der Waals surface area contributed by atoms with E-state index in [-0.39, 0.29) is 0 Å². The summed E-state index contributed by atoms with van der Waals surface area (Å²) in [5.41, 5.74) is 1.02. The van der Waals surface area contributed by atoms with E-state index in [1.54, 1.807) is 0 Å². The lowest BCUT2D eigenvalue weighted by atomic mass is 10.4. The number of nitrogens with zero attached hydrogens (tertiary/aromatic N) is 3. The van der Waals surface area contributed by atoms with Crippen LogP contribution in [0.5, 0.6) is 0 Å². The van der Waals surface area contributed by atoms with Crippen LogP contribution in [0.3, 0.4) is 0 Å². The zero-order valence-corrected chi connectivity index (χ0v) is 14.1. The second kappa shape index (κ2) is 9.22. The van der Waals surface area contributed by atoms with E-state index in [1.807, 2.05) is 31.6 Å². The standard InChI is InChI=1S/C13H27N3O3Si/c1-5-13-12-16(15-14-13)10-9-11-20(17-6-2,18-7-3)19-8-4/h12H,5-11H2,1-4H3. The summed E-state index contributed by atoms with van der Waals surface area (Å²) in [6, 6.07) is 0.809. The van der Waals surface area contributed by atoms with Gasteiger partial charge in [0.1, 0.15) is 0 Å². The third-order valence-corrected chi connectivity index (χ3v) is 6.06. The summed E-state index contributed by atoms with van der Waals surface area (Å²) in [6.07, 6.45) is 3.82. The average Bonchev–Trinajstić information content (AvgIpc) is 2.88. The summed E-state index contributed by atoms with van der Waals surface area (Å²) in [5.74, 6) is 0. The molecular formula is C13H27N3O3Si. The van der Waals surface area contributed by atoms with Gasteiger partial charge in [-0.05, 0) is 33.6 Å². The fourth-order valence-electron chi connectivity index (χ4n) is 2.07. The highest BCUT2D eigenvalue weighted by Gasteiger charge is 2.39. The minimum absolute atomic E-state index is 0.621. The molecule has 0 radical (unpaired) electrons. The van der Waals surface area contributed by atoms with Crippen LogP contribution in [0.1, 0.15) is 39.8 Å². The molecular weight excluding hydrogens is 274 g/mol. The van der Waals surface area contributed by atoms with Gasteiger partial charge in [-0.2, -0.15) is 0 Å². The van der Waals surface area contributed by atoms with Crippen LogP contribution in [-0.2, 0) is 26.2 Å². The molecule has 1 aromatic heterocycles. The monoisotopic (exact) mass is 301 g/mol. The van der Waals surface area contributed by atoms with Crippen molar-refractivity contribution in [1.29, 1.82) is 0 Å². The Morgan fingerprint density at radius 3 is 2.10 bits per heavy atom. The molecule has 0 saturated carbocycles. The van der Waals surface area contributed by atoms with Crippen molar-refractivity contribution in [3.8, 4) is 0 Å². The molecule has 0 aliphatic rings. The Morgan fingerprint density at radius 1 is 1.05 bits per heavy atom. The van der Waals surface area contributed by atoms with Crippen LogP contribution in [0, 0.1) is 0 Å². The van der Waals surface area contributed by atoms with Gasteiger partial charge in [0, 0.05) is 38.6 Å². The van der Waals surface area contributed by atoms with Gasteiger partial charge in [-0.1, -0.05) is 12.1 Å². The lowest BCUT2D eigenvalue weighted by Gasteiger charge is -2.28. The molecule has 0 aliphatic heterocycles. The summed E-state index contributed by atoms with van der Waals surface area (Å²) < 4.78 is 19.3. The van der Waals surface area contributed by atoms with Gasteiger partial charge in [0.05, 0.1) is 5.69 Å². The van der Waals surface area contributed by atoms with E-state index in [9.17, 15) is 0 Å². The van der Waals surface area contributed by atoms with Crippen molar-refractivity contribution in [1.82, 2.24) is 15.0 Å². The smallest absolute Gasteiger partial charge is 0.374 e. The molecule has 0 aromatic carbocycles. The van der Waals surface area contributed by atoms with E-state index < -0.39 is 8.80 Å². The second-order valence-electron chi connectivity index (χ2n) is 4.41. The normalized spacial score (nSPS) is 12.0. The van der Waals surface area contributed by atoms with E-state index in [0.29, 0.717) is 19.8 Å². The summed E-state index contributed by atoms with van der Waals surface area (Å²) in [7, 11) is -2.51. The molecule has 6 nitrogen and oxygen atoms in total. The lowest BCUT2D eigenvalue weighted by Crippen LogP contribution is -2.46. The zero-order chi connectivity index (χ0) is 14.8. The fourth-order valence-corrected chi connectivity index (χ4v) is 4.66. The fraction of sp³-hybridized carbons (Fsp3) is 0.846. The molecule has 7 heteroatoms.